The second-order valence-corrected chi connectivity index (χ2v) is 4.82. The molecule has 106 valence electrons. The number of methoxy groups -OCH3 is 1. The quantitative estimate of drug-likeness (QED) is 0.767. The number of nitrogens with zero attached hydrogens (tertiary/aromatic N) is 1. The highest BCUT2D eigenvalue weighted by Crippen LogP contribution is 2.20. The molecule has 1 aliphatic rings. The molecule has 0 radical (unpaired) electrons. The van der Waals surface area contributed by atoms with Gasteiger partial charge in [0, 0.05) is 6.61 Å². The Balaban J connectivity index is 2.09. The van der Waals surface area contributed by atoms with E-state index in [2.05, 4.69) is 4.98 Å². The van der Waals surface area contributed by atoms with Crippen molar-refractivity contribution >= 4 is 5.97 Å². The maximum absolute atomic E-state index is 11.6. The van der Waals surface area contributed by atoms with E-state index in [-0.39, 0.29) is 11.9 Å². The van der Waals surface area contributed by atoms with Crippen LogP contribution in [0.25, 0.3) is 0 Å². The molecule has 2 rings (SSSR count). The fourth-order valence-corrected chi connectivity index (χ4v) is 2.31. The number of hydrogen-bond acceptors (Lipinski definition) is 5. The van der Waals surface area contributed by atoms with Crippen LogP contribution in [0.3, 0.4) is 0 Å². The highest BCUT2D eigenvalue weighted by Gasteiger charge is 2.23. The predicted octanol–water partition coefficient (Wildman–Crippen LogP) is 2.53. The van der Waals surface area contributed by atoms with Crippen LogP contribution in [0, 0.1) is 0 Å². The summed E-state index contributed by atoms with van der Waals surface area (Å²) in [6, 6.07) is 0. The summed E-state index contributed by atoms with van der Waals surface area (Å²) < 4.78 is 15.9. The summed E-state index contributed by atoms with van der Waals surface area (Å²) in [4.78, 5) is 16.0. The Morgan fingerprint density at radius 3 is 2.95 bits per heavy atom. The SMILES string of the molecule is CCCc1nc(CC2CCCCO2)oc1C(=O)OC. The Morgan fingerprint density at radius 1 is 1.47 bits per heavy atom. The smallest absolute Gasteiger partial charge is 0.375 e. The van der Waals surface area contributed by atoms with E-state index >= 15 is 0 Å². The van der Waals surface area contributed by atoms with E-state index in [9.17, 15) is 4.79 Å². The Labute approximate surface area is 113 Å². The molecular formula is C14H21NO4. The lowest BCUT2D eigenvalue weighted by molar-refractivity contribution is 0.0128. The highest BCUT2D eigenvalue weighted by molar-refractivity contribution is 5.87. The van der Waals surface area contributed by atoms with Crippen molar-refractivity contribution in [2.45, 2.75) is 51.6 Å². The molecule has 1 atom stereocenters. The van der Waals surface area contributed by atoms with Crippen molar-refractivity contribution in [3.05, 3.63) is 17.3 Å². The van der Waals surface area contributed by atoms with Crippen LogP contribution in [0.4, 0.5) is 0 Å². The molecule has 19 heavy (non-hydrogen) atoms. The van der Waals surface area contributed by atoms with Gasteiger partial charge < -0.3 is 13.9 Å². The number of carbonyl (C=O) groups excluding carboxylic acids is 1. The molecule has 0 bridgehead atoms. The third-order valence-electron chi connectivity index (χ3n) is 3.28. The zero-order valence-electron chi connectivity index (χ0n) is 11.6. The van der Waals surface area contributed by atoms with Gasteiger partial charge in [0.2, 0.25) is 5.76 Å². The molecule has 1 aromatic heterocycles. The summed E-state index contributed by atoms with van der Waals surface area (Å²) in [7, 11) is 1.35. The molecule has 1 saturated heterocycles. The van der Waals surface area contributed by atoms with Crippen molar-refractivity contribution in [2.24, 2.45) is 0 Å². The van der Waals surface area contributed by atoms with Crippen LogP contribution in [-0.4, -0.2) is 30.8 Å². The molecule has 1 fully saturated rings. The van der Waals surface area contributed by atoms with Gasteiger partial charge in [0.15, 0.2) is 5.89 Å². The third kappa shape index (κ3) is 3.56. The molecule has 1 unspecified atom stereocenters. The fraction of sp³-hybridized carbons (Fsp3) is 0.714. The summed E-state index contributed by atoms with van der Waals surface area (Å²) in [5.41, 5.74) is 0.695. The second-order valence-electron chi connectivity index (χ2n) is 4.82. The molecule has 0 aromatic carbocycles. The first-order chi connectivity index (χ1) is 9.24. The normalized spacial score (nSPS) is 19.4. The highest BCUT2D eigenvalue weighted by atomic mass is 16.5. The van der Waals surface area contributed by atoms with E-state index in [1.165, 1.54) is 13.5 Å². The standard InChI is InChI=1S/C14H21NO4/c1-3-6-11-13(14(16)17-2)19-12(15-11)9-10-7-4-5-8-18-10/h10H,3-9H2,1-2H3. The summed E-state index contributed by atoms with van der Waals surface area (Å²) in [6.07, 6.45) is 5.75. The average Bonchev–Trinajstić information content (AvgIpc) is 2.82. The van der Waals surface area contributed by atoms with E-state index in [0.29, 0.717) is 18.0 Å². The Kier molecular flexibility index (Phi) is 4.96. The van der Waals surface area contributed by atoms with Crippen LogP contribution in [0.2, 0.25) is 0 Å². The average molecular weight is 267 g/mol. The maximum atomic E-state index is 11.6. The molecule has 1 aliphatic heterocycles. The zero-order chi connectivity index (χ0) is 13.7. The van der Waals surface area contributed by atoms with E-state index in [1.54, 1.807) is 0 Å². The van der Waals surface area contributed by atoms with Gasteiger partial charge in [0.25, 0.3) is 0 Å². The van der Waals surface area contributed by atoms with Crippen LogP contribution in [-0.2, 0) is 22.3 Å². The van der Waals surface area contributed by atoms with Gasteiger partial charge in [-0.2, -0.15) is 0 Å². The maximum Gasteiger partial charge on any atom is 0.375 e. The first-order valence-corrected chi connectivity index (χ1v) is 6.93. The van der Waals surface area contributed by atoms with Crippen LogP contribution < -0.4 is 0 Å². The minimum atomic E-state index is -0.452. The van der Waals surface area contributed by atoms with Crippen LogP contribution >= 0.6 is 0 Å². The number of esters is 1. The lowest BCUT2D eigenvalue weighted by Crippen LogP contribution is -2.21. The molecule has 2 heterocycles. The van der Waals surface area contributed by atoms with Gasteiger partial charge in [-0.15, -0.1) is 0 Å². The number of hydrogen-bond donors (Lipinski definition) is 0. The van der Waals surface area contributed by atoms with E-state index in [0.717, 1.165) is 32.3 Å². The third-order valence-corrected chi connectivity index (χ3v) is 3.28. The van der Waals surface area contributed by atoms with Crippen molar-refractivity contribution in [2.75, 3.05) is 13.7 Å². The van der Waals surface area contributed by atoms with Gasteiger partial charge in [0.05, 0.1) is 25.3 Å². The molecular weight excluding hydrogens is 246 g/mol. The Hall–Kier alpha value is -1.36. The van der Waals surface area contributed by atoms with E-state index in [4.69, 9.17) is 13.9 Å². The molecule has 0 amide bonds. The predicted molar refractivity (Wildman–Crippen MR) is 69.1 cm³/mol. The minimum Gasteiger partial charge on any atom is -0.463 e. The summed E-state index contributed by atoms with van der Waals surface area (Å²) in [5, 5.41) is 0. The monoisotopic (exact) mass is 267 g/mol. The van der Waals surface area contributed by atoms with Gasteiger partial charge in [0.1, 0.15) is 0 Å². The van der Waals surface area contributed by atoms with Crippen molar-refractivity contribution < 1.29 is 18.7 Å². The molecule has 0 spiro atoms. The molecule has 0 saturated carbocycles. The van der Waals surface area contributed by atoms with Crippen LogP contribution in [0.15, 0.2) is 4.42 Å². The number of aromatic nitrogens is 1. The van der Waals surface area contributed by atoms with Crippen LogP contribution in [0.5, 0.6) is 0 Å². The number of ether oxygens (including phenoxy) is 2. The van der Waals surface area contributed by atoms with Gasteiger partial charge in [-0.3, -0.25) is 0 Å². The molecule has 1 aromatic rings. The zero-order valence-corrected chi connectivity index (χ0v) is 11.6. The lowest BCUT2D eigenvalue weighted by Gasteiger charge is -2.20. The lowest BCUT2D eigenvalue weighted by atomic mass is 10.1. The molecule has 0 N–H and O–H groups in total. The Morgan fingerprint density at radius 2 is 2.32 bits per heavy atom. The van der Waals surface area contributed by atoms with E-state index in [1.807, 2.05) is 6.92 Å². The van der Waals surface area contributed by atoms with E-state index < -0.39 is 5.97 Å². The number of carbonyl (C=O) groups is 1. The van der Waals surface area contributed by atoms with Gasteiger partial charge in [-0.25, -0.2) is 9.78 Å². The van der Waals surface area contributed by atoms with Crippen molar-refractivity contribution in [3.63, 3.8) is 0 Å². The molecule has 5 nitrogen and oxygen atoms in total. The number of rotatable bonds is 5. The van der Waals surface area contributed by atoms with Gasteiger partial charge >= 0.3 is 5.97 Å². The topological polar surface area (TPSA) is 61.6 Å². The van der Waals surface area contributed by atoms with Gasteiger partial charge in [-0.05, 0) is 25.7 Å². The van der Waals surface area contributed by atoms with Crippen molar-refractivity contribution in [1.82, 2.24) is 4.98 Å². The molecule has 5 heteroatoms. The fourth-order valence-electron chi connectivity index (χ4n) is 2.31. The Bertz CT molecular complexity index is 421. The van der Waals surface area contributed by atoms with Gasteiger partial charge in [-0.1, -0.05) is 13.3 Å². The number of aryl methyl sites for hydroxylation is 1. The summed E-state index contributed by atoms with van der Waals surface area (Å²) >= 11 is 0. The summed E-state index contributed by atoms with van der Waals surface area (Å²) in [6.45, 7) is 2.84. The van der Waals surface area contributed by atoms with Crippen molar-refractivity contribution in [1.29, 1.82) is 0 Å². The largest absolute Gasteiger partial charge is 0.463 e. The molecule has 0 aliphatic carbocycles. The first kappa shape index (κ1) is 14.1. The first-order valence-electron chi connectivity index (χ1n) is 6.93. The van der Waals surface area contributed by atoms with Crippen LogP contribution in [0.1, 0.15) is 54.7 Å². The second kappa shape index (κ2) is 6.70. The number of oxazole rings is 1. The summed E-state index contributed by atoms with van der Waals surface area (Å²) in [5.74, 6) is 0.373. The van der Waals surface area contributed by atoms with Crippen molar-refractivity contribution in [3.8, 4) is 0 Å². The minimum absolute atomic E-state index is 0.160.